The van der Waals surface area contributed by atoms with Crippen LogP contribution in [0.4, 0.5) is 0 Å². The molecule has 0 amide bonds. The smallest absolute Gasteiger partial charge is 0.0481 e. The fourth-order valence-electron chi connectivity index (χ4n) is 16.0. The van der Waals surface area contributed by atoms with Crippen molar-refractivity contribution in [2.75, 3.05) is 0 Å². The molecule has 6 aromatic heterocycles. The second-order valence-electron chi connectivity index (χ2n) is 32.0. The molecule has 0 bridgehead atoms. The molecule has 0 spiro atoms. The van der Waals surface area contributed by atoms with Crippen molar-refractivity contribution in [1.29, 1.82) is 0 Å². The Kier molecular flexibility index (Phi) is 54.2. The van der Waals surface area contributed by atoms with Gasteiger partial charge in [-0.25, -0.2) is 0 Å². The lowest BCUT2D eigenvalue weighted by Crippen LogP contribution is -1.87. The maximum absolute atomic E-state index is 2.66. The molecule has 0 fully saturated rings. The van der Waals surface area contributed by atoms with Gasteiger partial charge >= 0.3 is 0 Å². The van der Waals surface area contributed by atoms with E-state index in [4.69, 9.17) is 0 Å². The summed E-state index contributed by atoms with van der Waals surface area (Å²) in [5, 5.41) is 4.79. The molecule has 6 heteroatoms. The molecule has 102 heavy (non-hydrogen) atoms. The van der Waals surface area contributed by atoms with Crippen LogP contribution in [0.25, 0.3) is 48.8 Å². The summed E-state index contributed by atoms with van der Waals surface area (Å²) in [4.78, 5) is 15.1. The zero-order valence-electron chi connectivity index (χ0n) is 67.3. The van der Waals surface area contributed by atoms with Gasteiger partial charge in [-0.1, -0.05) is 413 Å². The van der Waals surface area contributed by atoms with Gasteiger partial charge in [-0.15, -0.1) is 68.0 Å². The average molecular weight is 1500 g/mol. The Bertz CT molecular complexity index is 2610. The first-order valence-electron chi connectivity index (χ1n) is 45.2. The van der Waals surface area contributed by atoms with Gasteiger partial charge in [0.1, 0.15) is 0 Å². The van der Waals surface area contributed by atoms with Gasteiger partial charge in [-0.05, 0) is 133 Å². The van der Waals surface area contributed by atoms with Crippen molar-refractivity contribution in [3.63, 3.8) is 0 Å². The van der Waals surface area contributed by atoms with Crippen LogP contribution in [0, 0.1) is 0 Å². The van der Waals surface area contributed by atoms with E-state index in [0.29, 0.717) is 0 Å². The van der Waals surface area contributed by atoms with Crippen molar-refractivity contribution in [3.8, 4) is 48.8 Å². The van der Waals surface area contributed by atoms with Crippen LogP contribution in [0.2, 0.25) is 0 Å². The number of unbranched alkanes of at least 4 members (excludes halogenated alkanes) is 60. The molecule has 0 nitrogen and oxygen atoms in total. The third-order valence-electron chi connectivity index (χ3n) is 22.7. The van der Waals surface area contributed by atoms with Crippen molar-refractivity contribution in [1.82, 2.24) is 0 Å². The van der Waals surface area contributed by atoms with Crippen molar-refractivity contribution in [3.05, 3.63) is 81.5 Å². The summed E-state index contributed by atoms with van der Waals surface area (Å²) < 4.78 is 0. The van der Waals surface area contributed by atoms with E-state index in [0.717, 1.165) is 0 Å². The number of aryl methyl sites for hydroxylation is 4. The zero-order valence-corrected chi connectivity index (χ0v) is 72.2. The summed E-state index contributed by atoms with van der Waals surface area (Å²) in [6, 6.07) is 20.2. The maximum Gasteiger partial charge on any atom is 0.0481 e. The Balaban J connectivity index is 1.05. The highest BCUT2D eigenvalue weighted by atomic mass is 32.1. The third-order valence-corrected chi connectivity index (χ3v) is 30.0. The second-order valence-corrected chi connectivity index (χ2v) is 38.1. The molecule has 0 aliphatic rings. The predicted octanol–water partition coefficient (Wildman–Crippen LogP) is 37.6. The molecule has 6 rings (SSSR count). The predicted molar refractivity (Wildman–Crippen MR) is 474 cm³/mol. The van der Waals surface area contributed by atoms with Crippen LogP contribution in [-0.4, -0.2) is 0 Å². The Morgan fingerprint density at radius 1 is 0.167 bits per heavy atom. The van der Waals surface area contributed by atoms with Crippen LogP contribution in [0.3, 0.4) is 0 Å². The lowest BCUT2D eigenvalue weighted by Gasteiger charge is -2.05. The van der Waals surface area contributed by atoms with Gasteiger partial charge in [0.2, 0.25) is 0 Å². The molecule has 0 aliphatic carbocycles. The molecule has 0 atom stereocenters. The number of hydrogen-bond donors (Lipinski definition) is 0. The first-order chi connectivity index (χ1) is 50.6. The highest BCUT2D eigenvalue weighted by Crippen LogP contribution is 2.50. The van der Waals surface area contributed by atoms with Crippen LogP contribution in [0.15, 0.2) is 59.3 Å². The van der Waals surface area contributed by atoms with E-state index in [1.54, 1.807) is 41.8 Å². The van der Waals surface area contributed by atoms with Crippen LogP contribution >= 0.6 is 68.0 Å². The standard InChI is InChI=1S/C96H158S6/c1-5-9-13-17-21-25-29-33-37-41-45-49-53-57-61-65-69-83-77-79-97-93(83)91-81-85(71-67-63-59-55-51-47-43-39-35-31-27-23-19-15-11-7-3)95(101-91)89-75-73-87(99-89)88-74-76-90(100-88)96-86(72-68-64-60-56-52-48-44-40-36-32-28-24-20-16-12-8-4)82-92(102-96)94-84(78-80-98-94)70-66-62-58-54-50-46-42-38-34-30-26-22-18-14-10-6-2/h73-82H,5-72H2,1-4H3. The summed E-state index contributed by atoms with van der Waals surface area (Å²) in [7, 11) is 0. The largest absolute Gasteiger partial charge is 0.143 e. The van der Waals surface area contributed by atoms with Gasteiger partial charge in [0.25, 0.3) is 0 Å². The van der Waals surface area contributed by atoms with Gasteiger partial charge < -0.3 is 0 Å². The van der Waals surface area contributed by atoms with E-state index in [2.05, 4.69) is 132 Å². The van der Waals surface area contributed by atoms with Gasteiger partial charge in [0, 0.05) is 48.8 Å². The fraction of sp³-hybridized carbons (Fsp3) is 0.750. The Morgan fingerprint density at radius 2 is 0.353 bits per heavy atom. The van der Waals surface area contributed by atoms with Crippen LogP contribution in [-0.2, 0) is 25.7 Å². The monoisotopic (exact) mass is 1500 g/mol. The molecule has 6 aromatic rings. The summed E-state index contributed by atoms with van der Waals surface area (Å²) in [5.41, 5.74) is 6.41. The minimum absolute atomic E-state index is 1.20. The molecule has 0 saturated heterocycles. The molecule has 0 aliphatic heterocycles. The highest BCUT2D eigenvalue weighted by molar-refractivity contribution is 7.30. The Labute approximate surface area is 657 Å². The van der Waals surface area contributed by atoms with Crippen molar-refractivity contribution < 1.29 is 0 Å². The van der Waals surface area contributed by atoms with E-state index in [1.807, 2.05) is 22.7 Å². The molecule has 0 radical (unpaired) electrons. The highest BCUT2D eigenvalue weighted by Gasteiger charge is 2.21. The first kappa shape index (κ1) is 89.1. The third kappa shape index (κ3) is 40.1. The van der Waals surface area contributed by atoms with Crippen molar-refractivity contribution >= 4 is 68.0 Å². The molecule has 0 saturated carbocycles. The first-order valence-corrected chi connectivity index (χ1v) is 50.3. The summed E-state index contributed by atoms with van der Waals surface area (Å²) in [6.45, 7) is 9.30. The molecule has 6 heterocycles. The second kappa shape index (κ2) is 62.0. The van der Waals surface area contributed by atoms with Crippen LogP contribution in [0.1, 0.15) is 461 Å². The lowest BCUT2D eigenvalue weighted by molar-refractivity contribution is 0.529. The average Bonchev–Trinajstić information content (AvgIpc) is 1.64. The maximum atomic E-state index is 2.66. The van der Waals surface area contributed by atoms with Gasteiger partial charge in [0.05, 0.1) is 0 Å². The van der Waals surface area contributed by atoms with Crippen LogP contribution in [0.5, 0.6) is 0 Å². The molecule has 0 unspecified atom stereocenters. The van der Waals surface area contributed by atoms with E-state index in [1.165, 1.54) is 466 Å². The topological polar surface area (TPSA) is 0 Å². The SMILES string of the molecule is CCCCCCCCCCCCCCCCCCc1ccsc1-c1cc(CCCCCCCCCCCCCCCCCC)c(-c2ccc(-c3ccc(-c4sc(-c5sccc5CCCCCCCCCCCCCCCCCC)cc4CCCCCCCCCCCCCCCCCC)s3)s2)s1. The number of thiophene rings is 6. The molecule has 0 aromatic carbocycles. The molecule has 578 valence electrons. The Morgan fingerprint density at radius 3 is 0.569 bits per heavy atom. The molecular weight excluding hydrogens is 1350 g/mol. The van der Waals surface area contributed by atoms with Gasteiger partial charge in [-0.2, -0.15) is 0 Å². The molecular formula is C96H158S6. The minimum atomic E-state index is 1.20. The van der Waals surface area contributed by atoms with E-state index in [9.17, 15) is 0 Å². The van der Waals surface area contributed by atoms with Gasteiger partial charge in [-0.3, -0.25) is 0 Å². The lowest BCUT2D eigenvalue weighted by atomic mass is 10.0. The van der Waals surface area contributed by atoms with Crippen molar-refractivity contribution in [2.24, 2.45) is 0 Å². The number of rotatable bonds is 73. The fourth-order valence-corrected chi connectivity index (χ4v) is 23.0. The minimum Gasteiger partial charge on any atom is -0.143 e. The van der Waals surface area contributed by atoms with E-state index < -0.39 is 0 Å². The summed E-state index contributed by atoms with van der Waals surface area (Å²) in [5.74, 6) is 0. The van der Waals surface area contributed by atoms with E-state index in [-0.39, 0.29) is 0 Å². The number of hydrogen-bond acceptors (Lipinski definition) is 6. The summed E-state index contributed by atoms with van der Waals surface area (Å²) >= 11 is 12.4. The summed E-state index contributed by atoms with van der Waals surface area (Å²) in [6.07, 6.45) is 96.1. The normalized spacial score (nSPS) is 11.8. The quantitative estimate of drug-likeness (QED) is 0.0334. The zero-order chi connectivity index (χ0) is 71.5. The van der Waals surface area contributed by atoms with Crippen LogP contribution < -0.4 is 0 Å². The van der Waals surface area contributed by atoms with E-state index >= 15 is 0 Å². The Hall–Kier alpha value is -1.80. The van der Waals surface area contributed by atoms with Gasteiger partial charge in [0.15, 0.2) is 0 Å². The van der Waals surface area contributed by atoms with Crippen molar-refractivity contribution in [2.45, 2.75) is 464 Å². The molecule has 0 N–H and O–H groups in total.